The van der Waals surface area contributed by atoms with Crippen molar-refractivity contribution in [3.8, 4) is 5.75 Å². The second-order valence-electron chi connectivity index (χ2n) is 10.9. The lowest BCUT2D eigenvalue weighted by Crippen LogP contribution is -2.47. The van der Waals surface area contributed by atoms with Gasteiger partial charge in [-0.05, 0) is 106 Å². The molecule has 1 fully saturated rings. The van der Waals surface area contributed by atoms with Crippen molar-refractivity contribution < 1.29 is 31.8 Å². The monoisotopic (exact) mass is 607 g/mol. The minimum atomic E-state index is -4.02. The third kappa shape index (κ3) is 8.89. The largest absolute Gasteiger partial charge is 0.379 e. The molecule has 3 aromatic carbocycles. The van der Waals surface area contributed by atoms with Crippen molar-refractivity contribution in [1.29, 1.82) is 0 Å². The average Bonchev–Trinajstić information content (AvgIpc) is 3.00. The molecule has 4 N–H and O–H groups in total. The van der Waals surface area contributed by atoms with Crippen LogP contribution in [-0.4, -0.2) is 38.7 Å². The normalized spacial score (nSPS) is 17.4. The molecule has 0 heterocycles. The Hall–Kier alpha value is -4.22. The Bertz CT molecular complexity index is 1510. The maximum Gasteiger partial charge on any atom is 0.354 e. The number of carbonyl (C=O) groups is 3. The molecular formula is C32H37N3O7S. The molecule has 0 bridgehead atoms. The van der Waals surface area contributed by atoms with Crippen molar-refractivity contribution in [1.82, 2.24) is 5.32 Å². The van der Waals surface area contributed by atoms with Gasteiger partial charge in [0.1, 0.15) is 16.7 Å². The van der Waals surface area contributed by atoms with Gasteiger partial charge in [0.05, 0.1) is 5.69 Å². The van der Waals surface area contributed by atoms with Gasteiger partial charge in [0, 0.05) is 17.9 Å². The number of Topliss-reactive ketones (excluding diaryl/α,β-unsaturated/α-hetero) is 1. The van der Waals surface area contributed by atoms with Crippen molar-refractivity contribution >= 4 is 33.5 Å². The van der Waals surface area contributed by atoms with E-state index in [1.165, 1.54) is 31.2 Å². The summed E-state index contributed by atoms with van der Waals surface area (Å²) in [5, 5.41) is 2.85. The Morgan fingerprint density at radius 2 is 1.53 bits per heavy atom. The lowest BCUT2D eigenvalue weighted by atomic mass is 9.81. The van der Waals surface area contributed by atoms with Crippen molar-refractivity contribution in [3.63, 3.8) is 0 Å². The fourth-order valence-electron chi connectivity index (χ4n) is 4.89. The van der Waals surface area contributed by atoms with E-state index in [1.54, 1.807) is 48.5 Å². The number of ketones is 1. The summed E-state index contributed by atoms with van der Waals surface area (Å²) < 4.78 is 30.6. The van der Waals surface area contributed by atoms with E-state index in [4.69, 9.17) is 14.8 Å². The standard InChI is InChI=1S/C32H37N3O7S/c1-21-3-17-29(18-4-21)43(39,40)42-28-15-7-23(8-16-28)19-30(34-31(37)26-9-5-24(20-33)6-10-26)32(38)41-35-27-13-11-25(12-14-27)22(2)36/h3-4,7-8,11-18,24,26,30,35H,5-6,9-10,19-20,33H2,1-2H3,(H,34,37)/t24?,26?,30-/m0/s1. The van der Waals surface area contributed by atoms with Crippen LogP contribution in [-0.2, 0) is 31.0 Å². The zero-order valence-corrected chi connectivity index (χ0v) is 25.1. The molecule has 0 unspecified atom stereocenters. The lowest BCUT2D eigenvalue weighted by Gasteiger charge is -2.28. The third-order valence-corrected chi connectivity index (χ3v) is 8.85. The van der Waals surface area contributed by atoms with Gasteiger partial charge in [0.2, 0.25) is 5.91 Å². The van der Waals surface area contributed by atoms with E-state index < -0.39 is 22.1 Å². The predicted octanol–water partition coefficient (Wildman–Crippen LogP) is 4.33. The Balaban J connectivity index is 1.44. The molecule has 43 heavy (non-hydrogen) atoms. The van der Waals surface area contributed by atoms with Crippen LogP contribution in [0.2, 0.25) is 0 Å². The molecule has 0 aliphatic heterocycles. The first-order valence-corrected chi connectivity index (χ1v) is 15.6. The highest BCUT2D eigenvalue weighted by molar-refractivity contribution is 7.87. The van der Waals surface area contributed by atoms with E-state index >= 15 is 0 Å². The molecule has 3 aromatic rings. The first-order chi connectivity index (χ1) is 20.5. The molecule has 1 aliphatic carbocycles. The number of rotatable bonds is 12. The van der Waals surface area contributed by atoms with Gasteiger partial charge in [-0.1, -0.05) is 29.8 Å². The summed E-state index contributed by atoms with van der Waals surface area (Å²) in [7, 11) is -4.02. The first kappa shape index (κ1) is 31.7. The highest BCUT2D eigenvalue weighted by Gasteiger charge is 2.30. The number of hydrogen-bond acceptors (Lipinski definition) is 9. The van der Waals surface area contributed by atoms with Crippen LogP contribution in [0.3, 0.4) is 0 Å². The molecule has 1 atom stereocenters. The van der Waals surface area contributed by atoms with Crippen LogP contribution in [0.15, 0.2) is 77.7 Å². The van der Waals surface area contributed by atoms with Crippen LogP contribution in [0.4, 0.5) is 5.69 Å². The molecule has 0 aromatic heterocycles. The summed E-state index contributed by atoms with van der Waals surface area (Å²) >= 11 is 0. The Labute approximate surface area is 252 Å². The van der Waals surface area contributed by atoms with Crippen LogP contribution >= 0.6 is 0 Å². The minimum absolute atomic E-state index is 0.0385. The lowest BCUT2D eigenvalue weighted by molar-refractivity contribution is -0.145. The number of aryl methyl sites for hydroxylation is 1. The summed E-state index contributed by atoms with van der Waals surface area (Å²) in [6.45, 7) is 3.91. The molecule has 1 aliphatic rings. The molecule has 0 radical (unpaired) electrons. The fourth-order valence-corrected chi connectivity index (χ4v) is 5.82. The topological polar surface area (TPSA) is 154 Å². The van der Waals surface area contributed by atoms with Crippen molar-refractivity contribution in [3.05, 3.63) is 89.5 Å². The summed E-state index contributed by atoms with van der Waals surface area (Å²) in [5.74, 6) is -0.739. The van der Waals surface area contributed by atoms with Crippen LogP contribution in [0.25, 0.3) is 0 Å². The maximum absolute atomic E-state index is 13.2. The molecule has 4 rings (SSSR count). The summed E-state index contributed by atoms with van der Waals surface area (Å²) in [6.07, 6.45) is 3.19. The number of anilines is 1. The number of amides is 1. The number of nitrogens with one attached hydrogen (secondary N) is 2. The molecule has 0 spiro atoms. The van der Waals surface area contributed by atoms with Gasteiger partial charge >= 0.3 is 16.1 Å². The number of benzene rings is 3. The van der Waals surface area contributed by atoms with Gasteiger partial charge in [-0.25, -0.2) is 10.3 Å². The van der Waals surface area contributed by atoms with Gasteiger partial charge < -0.3 is 20.1 Å². The Morgan fingerprint density at radius 3 is 2.12 bits per heavy atom. The van der Waals surface area contributed by atoms with Crippen molar-refractivity contribution in [2.75, 3.05) is 12.0 Å². The van der Waals surface area contributed by atoms with Crippen LogP contribution in [0, 0.1) is 18.8 Å². The molecule has 1 saturated carbocycles. The van der Waals surface area contributed by atoms with Crippen molar-refractivity contribution in [2.45, 2.75) is 56.9 Å². The Kier molecular flexibility index (Phi) is 10.5. The fraction of sp³-hybridized carbons (Fsp3) is 0.344. The number of carbonyl (C=O) groups excluding carboxylic acids is 3. The van der Waals surface area contributed by atoms with E-state index in [1.807, 2.05) is 6.92 Å². The first-order valence-electron chi connectivity index (χ1n) is 14.2. The van der Waals surface area contributed by atoms with Gasteiger partial charge in [-0.3, -0.25) is 9.59 Å². The quantitative estimate of drug-likeness (QED) is 0.155. The van der Waals surface area contributed by atoms with Gasteiger partial charge in [0.25, 0.3) is 0 Å². The average molecular weight is 608 g/mol. The molecule has 228 valence electrons. The van der Waals surface area contributed by atoms with E-state index in [2.05, 4.69) is 10.8 Å². The minimum Gasteiger partial charge on any atom is -0.379 e. The maximum atomic E-state index is 13.2. The van der Waals surface area contributed by atoms with E-state index in [9.17, 15) is 22.8 Å². The van der Waals surface area contributed by atoms with Crippen molar-refractivity contribution in [2.24, 2.45) is 17.6 Å². The highest BCUT2D eigenvalue weighted by atomic mass is 32.2. The molecule has 11 heteroatoms. The summed E-state index contributed by atoms with van der Waals surface area (Å²) in [4.78, 5) is 43.2. The summed E-state index contributed by atoms with van der Waals surface area (Å²) in [6, 6.07) is 18.0. The van der Waals surface area contributed by atoms with Gasteiger partial charge in [0.15, 0.2) is 5.78 Å². The second-order valence-corrected chi connectivity index (χ2v) is 12.4. The predicted molar refractivity (Wildman–Crippen MR) is 162 cm³/mol. The van der Waals surface area contributed by atoms with Crippen LogP contribution in [0.1, 0.15) is 54.1 Å². The number of nitrogens with two attached hydrogens (primary N) is 1. The zero-order chi connectivity index (χ0) is 31.0. The Morgan fingerprint density at radius 1 is 0.907 bits per heavy atom. The molecule has 1 amide bonds. The van der Waals surface area contributed by atoms with E-state index in [0.29, 0.717) is 42.1 Å². The van der Waals surface area contributed by atoms with E-state index in [-0.39, 0.29) is 34.7 Å². The third-order valence-electron chi connectivity index (χ3n) is 7.59. The summed E-state index contributed by atoms with van der Waals surface area (Å²) in [5.41, 5.74) is 10.9. The zero-order valence-electron chi connectivity index (χ0n) is 24.2. The number of hydrogen-bond donors (Lipinski definition) is 3. The molecular weight excluding hydrogens is 570 g/mol. The SMILES string of the molecule is CC(=O)c1ccc(NOC(=O)[C@H](Cc2ccc(OS(=O)(=O)c3ccc(C)cc3)cc2)NC(=O)C2CCC(CN)CC2)cc1. The molecule has 10 nitrogen and oxygen atoms in total. The van der Waals surface area contributed by atoms with Crippen LogP contribution in [0.5, 0.6) is 5.75 Å². The molecule has 0 saturated heterocycles. The van der Waals surface area contributed by atoms with Crippen LogP contribution < -0.4 is 20.7 Å². The highest BCUT2D eigenvalue weighted by Crippen LogP contribution is 2.28. The smallest absolute Gasteiger partial charge is 0.354 e. The van der Waals surface area contributed by atoms with Gasteiger partial charge in [-0.15, -0.1) is 0 Å². The second kappa shape index (κ2) is 14.3. The van der Waals surface area contributed by atoms with Gasteiger partial charge in [-0.2, -0.15) is 8.42 Å². The van der Waals surface area contributed by atoms with E-state index in [0.717, 1.165) is 18.4 Å².